The average Bonchev–Trinajstić information content (AvgIpc) is 2.83. The fraction of sp³-hybridized carbons (Fsp3) is 0.385. The number of H-pyrrole nitrogens is 1. The maximum atomic E-state index is 11.6. The van der Waals surface area contributed by atoms with E-state index in [0.29, 0.717) is 13.1 Å². The third-order valence-corrected chi connectivity index (χ3v) is 4.93. The van der Waals surface area contributed by atoms with Crippen molar-refractivity contribution in [2.75, 3.05) is 26.4 Å². The molecule has 2 aromatic rings. The Kier molecular flexibility index (Phi) is 4.24. The van der Waals surface area contributed by atoms with Gasteiger partial charge in [0, 0.05) is 44.3 Å². The number of aromatic amines is 1. The van der Waals surface area contributed by atoms with Crippen LogP contribution in [0.25, 0.3) is 10.9 Å². The van der Waals surface area contributed by atoms with E-state index in [1.165, 1.54) is 15.3 Å². The maximum Gasteiger partial charge on any atom is 0.214 e. The van der Waals surface area contributed by atoms with Crippen LogP contribution in [0.15, 0.2) is 30.5 Å². The summed E-state index contributed by atoms with van der Waals surface area (Å²) >= 11 is 0. The van der Waals surface area contributed by atoms with Crippen molar-refractivity contribution in [3.05, 3.63) is 36.0 Å². The SMILES string of the molecule is CN(C)S(=O)(=O)CCNCc1cccc2[nH]ccc12. The van der Waals surface area contributed by atoms with Crippen molar-refractivity contribution in [1.29, 1.82) is 0 Å². The molecular weight excluding hydrogens is 262 g/mol. The summed E-state index contributed by atoms with van der Waals surface area (Å²) in [5, 5.41) is 4.35. The molecule has 0 aliphatic carbocycles. The molecule has 0 unspecified atom stereocenters. The van der Waals surface area contributed by atoms with Gasteiger partial charge in [-0.2, -0.15) is 0 Å². The molecule has 2 rings (SSSR count). The highest BCUT2D eigenvalue weighted by Crippen LogP contribution is 2.16. The van der Waals surface area contributed by atoms with Crippen LogP contribution in [0.2, 0.25) is 0 Å². The quantitative estimate of drug-likeness (QED) is 0.781. The Morgan fingerprint density at radius 3 is 2.79 bits per heavy atom. The van der Waals surface area contributed by atoms with Crippen LogP contribution in [-0.2, 0) is 16.6 Å². The van der Waals surface area contributed by atoms with E-state index in [9.17, 15) is 8.42 Å². The van der Waals surface area contributed by atoms with Gasteiger partial charge in [-0.3, -0.25) is 0 Å². The first-order chi connectivity index (χ1) is 9.00. The Hall–Kier alpha value is -1.37. The molecule has 6 heteroatoms. The number of hydrogen-bond acceptors (Lipinski definition) is 3. The summed E-state index contributed by atoms with van der Waals surface area (Å²) in [6.07, 6.45) is 1.91. The van der Waals surface area contributed by atoms with Crippen molar-refractivity contribution in [2.24, 2.45) is 0 Å². The zero-order valence-corrected chi connectivity index (χ0v) is 12.0. The van der Waals surface area contributed by atoms with E-state index in [-0.39, 0.29) is 5.75 Å². The summed E-state index contributed by atoms with van der Waals surface area (Å²) in [5.74, 6) is 0.114. The smallest absolute Gasteiger partial charge is 0.214 e. The highest BCUT2D eigenvalue weighted by molar-refractivity contribution is 7.89. The van der Waals surface area contributed by atoms with Crippen LogP contribution < -0.4 is 5.32 Å². The second-order valence-electron chi connectivity index (χ2n) is 4.63. The van der Waals surface area contributed by atoms with E-state index < -0.39 is 10.0 Å². The molecule has 0 radical (unpaired) electrons. The minimum absolute atomic E-state index is 0.114. The fourth-order valence-corrected chi connectivity index (χ4v) is 2.68. The van der Waals surface area contributed by atoms with Gasteiger partial charge in [0.25, 0.3) is 0 Å². The van der Waals surface area contributed by atoms with Crippen LogP contribution in [-0.4, -0.2) is 44.1 Å². The Bertz CT molecular complexity index is 647. The maximum absolute atomic E-state index is 11.6. The average molecular weight is 281 g/mol. The molecule has 0 saturated carbocycles. The zero-order valence-electron chi connectivity index (χ0n) is 11.2. The van der Waals surface area contributed by atoms with Gasteiger partial charge in [-0.15, -0.1) is 0 Å². The first-order valence-corrected chi connectivity index (χ1v) is 7.77. The summed E-state index contributed by atoms with van der Waals surface area (Å²) in [7, 11) is -0.0167. The van der Waals surface area contributed by atoms with Gasteiger partial charge >= 0.3 is 0 Å². The summed E-state index contributed by atoms with van der Waals surface area (Å²) < 4.78 is 24.4. The lowest BCUT2D eigenvalue weighted by molar-refractivity contribution is 0.517. The van der Waals surface area contributed by atoms with E-state index in [1.54, 1.807) is 14.1 Å². The van der Waals surface area contributed by atoms with Gasteiger partial charge in [0.15, 0.2) is 0 Å². The molecule has 0 amide bonds. The summed E-state index contributed by atoms with van der Waals surface area (Å²) in [6, 6.07) is 8.09. The molecule has 1 aromatic carbocycles. The molecule has 0 spiro atoms. The molecule has 19 heavy (non-hydrogen) atoms. The Morgan fingerprint density at radius 2 is 2.05 bits per heavy atom. The zero-order chi connectivity index (χ0) is 13.9. The van der Waals surface area contributed by atoms with E-state index in [4.69, 9.17) is 0 Å². The first kappa shape index (κ1) is 14.0. The van der Waals surface area contributed by atoms with Crippen molar-refractivity contribution in [3.8, 4) is 0 Å². The molecule has 5 nitrogen and oxygen atoms in total. The van der Waals surface area contributed by atoms with Crippen LogP contribution >= 0.6 is 0 Å². The summed E-state index contributed by atoms with van der Waals surface area (Å²) in [4.78, 5) is 3.16. The topological polar surface area (TPSA) is 65.2 Å². The van der Waals surface area contributed by atoms with Gasteiger partial charge in [0.1, 0.15) is 0 Å². The molecule has 0 fully saturated rings. The van der Waals surface area contributed by atoms with Crippen molar-refractivity contribution >= 4 is 20.9 Å². The Labute approximate surface area is 113 Å². The highest BCUT2D eigenvalue weighted by atomic mass is 32.2. The van der Waals surface area contributed by atoms with E-state index in [0.717, 1.165) is 5.52 Å². The largest absolute Gasteiger partial charge is 0.361 e. The molecule has 2 N–H and O–H groups in total. The van der Waals surface area contributed by atoms with Gasteiger partial charge in [0.05, 0.1) is 5.75 Å². The standard InChI is InChI=1S/C13H19N3O2S/c1-16(2)19(17,18)9-8-14-10-11-4-3-5-13-12(11)6-7-15-13/h3-7,14-15H,8-10H2,1-2H3. The van der Waals surface area contributed by atoms with Gasteiger partial charge in [0.2, 0.25) is 10.0 Å². The van der Waals surface area contributed by atoms with Crippen LogP contribution in [0.4, 0.5) is 0 Å². The van der Waals surface area contributed by atoms with Crippen LogP contribution in [0, 0.1) is 0 Å². The molecule has 0 aliphatic heterocycles. The molecule has 0 aliphatic rings. The lowest BCUT2D eigenvalue weighted by atomic mass is 10.1. The second-order valence-corrected chi connectivity index (χ2v) is 6.93. The number of benzene rings is 1. The third kappa shape index (κ3) is 3.34. The predicted molar refractivity (Wildman–Crippen MR) is 77.5 cm³/mol. The molecule has 1 heterocycles. The first-order valence-electron chi connectivity index (χ1n) is 6.16. The molecule has 0 bridgehead atoms. The molecule has 104 valence electrons. The van der Waals surface area contributed by atoms with E-state index in [1.807, 2.05) is 30.5 Å². The Morgan fingerprint density at radius 1 is 1.26 bits per heavy atom. The van der Waals surface area contributed by atoms with Crippen molar-refractivity contribution in [1.82, 2.24) is 14.6 Å². The van der Waals surface area contributed by atoms with Crippen LogP contribution in [0.3, 0.4) is 0 Å². The van der Waals surface area contributed by atoms with Crippen LogP contribution in [0.1, 0.15) is 5.56 Å². The minimum atomic E-state index is -3.12. The number of hydrogen-bond donors (Lipinski definition) is 2. The summed E-state index contributed by atoms with van der Waals surface area (Å²) in [6.45, 7) is 1.11. The molecule has 1 aromatic heterocycles. The molecule has 0 atom stereocenters. The van der Waals surface area contributed by atoms with Crippen molar-refractivity contribution in [3.63, 3.8) is 0 Å². The van der Waals surface area contributed by atoms with Gasteiger partial charge in [-0.05, 0) is 17.7 Å². The predicted octanol–water partition coefficient (Wildman–Crippen LogP) is 1.15. The number of sulfonamides is 1. The number of aromatic nitrogens is 1. The third-order valence-electron chi connectivity index (χ3n) is 3.09. The van der Waals surface area contributed by atoms with E-state index in [2.05, 4.69) is 10.3 Å². The molecule has 0 saturated heterocycles. The fourth-order valence-electron chi connectivity index (χ4n) is 1.91. The number of rotatable bonds is 6. The normalized spacial score (nSPS) is 12.4. The van der Waals surface area contributed by atoms with Crippen LogP contribution in [0.5, 0.6) is 0 Å². The number of nitrogens with zero attached hydrogens (tertiary/aromatic N) is 1. The Balaban J connectivity index is 1.92. The lowest BCUT2D eigenvalue weighted by Gasteiger charge is -2.11. The summed E-state index contributed by atoms with van der Waals surface area (Å²) in [5.41, 5.74) is 2.27. The van der Waals surface area contributed by atoms with Crippen molar-refractivity contribution in [2.45, 2.75) is 6.54 Å². The lowest BCUT2D eigenvalue weighted by Crippen LogP contribution is -2.31. The number of nitrogens with one attached hydrogen (secondary N) is 2. The second kappa shape index (κ2) is 5.73. The van der Waals surface area contributed by atoms with E-state index >= 15 is 0 Å². The van der Waals surface area contributed by atoms with Gasteiger partial charge in [-0.25, -0.2) is 12.7 Å². The highest BCUT2D eigenvalue weighted by Gasteiger charge is 2.12. The monoisotopic (exact) mass is 281 g/mol. The van der Waals surface area contributed by atoms with Crippen molar-refractivity contribution < 1.29 is 8.42 Å². The van der Waals surface area contributed by atoms with Gasteiger partial charge < -0.3 is 10.3 Å². The minimum Gasteiger partial charge on any atom is -0.361 e. The molecular formula is C13H19N3O2S. The van der Waals surface area contributed by atoms with Gasteiger partial charge in [-0.1, -0.05) is 12.1 Å². The number of fused-ring (bicyclic) bond motifs is 1.